The van der Waals surface area contributed by atoms with Crippen molar-refractivity contribution < 1.29 is 19.0 Å². The zero-order valence-electron chi connectivity index (χ0n) is 17.0. The average molecular weight is 419 g/mol. The van der Waals surface area contributed by atoms with E-state index in [1.54, 1.807) is 33.5 Å². The molecule has 0 radical (unpaired) electrons. The smallest absolute Gasteiger partial charge is 0.246 e. The number of carbonyl (C=O) groups excluding carboxylic acids is 1. The minimum Gasteiger partial charge on any atom is -0.495 e. The highest BCUT2D eigenvalue weighted by Gasteiger charge is 2.21. The number of anilines is 1. The first-order chi connectivity index (χ1) is 13.7. The maximum absolute atomic E-state index is 12.6. The second kappa shape index (κ2) is 10.6. The number of hydrogen-bond donors (Lipinski definition) is 0. The summed E-state index contributed by atoms with van der Waals surface area (Å²) in [5, 5.41) is 0. The molecular formula is C22H27ClN2O4. The molecule has 1 fully saturated rings. The van der Waals surface area contributed by atoms with Crippen LogP contribution in [-0.4, -0.2) is 58.3 Å². The van der Waals surface area contributed by atoms with Gasteiger partial charge >= 0.3 is 0 Å². The van der Waals surface area contributed by atoms with Crippen LogP contribution in [0.4, 0.5) is 5.69 Å². The van der Waals surface area contributed by atoms with Crippen LogP contribution in [0.15, 0.2) is 48.5 Å². The predicted molar refractivity (Wildman–Crippen MR) is 118 cm³/mol. The molecule has 6 nitrogen and oxygen atoms in total. The molecule has 0 saturated carbocycles. The molecule has 0 unspecified atom stereocenters. The van der Waals surface area contributed by atoms with E-state index >= 15 is 0 Å². The van der Waals surface area contributed by atoms with Gasteiger partial charge in [-0.05, 0) is 35.9 Å². The van der Waals surface area contributed by atoms with Crippen molar-refractivity contribution >= 4 is 30.1 Å². The number of nitrogens with zero attached hydrogens (tertiary/aromatic N) is 2. The number of carbonyl (C=O) groups is 1. The number of para-hydroxylation sites is 2. The maximum Gasteiger partial charge on any atom is 0.246 e. The molecule has 1 saturated heterocycles. The van der Waals surface area contributed by atoms with Gasteiger partial charge in [0.05, 0.1) is 27.0 Å². The lowest BCUT2D eigenvalue weighted by molar-refractivity contribution is -0.126. The fourth-order valence-corrected chi connectivity index (χ4v) is 3.29. The van der Waals surface area contributed by atoms with Gasteiger partial charge in [0.15, 0.2) is 11.5 Å². The molecule has 1 aliphatic heterocycles. The van der Waals surface area contributed by atoms with E-state index in [2.05, 4.69) is 4.90 Å². The zero-order valence-corrected chi connectivity index (χ0v) is 17.8. The highest BCUT2D eigenvalue weighted by molar-refractivity contribution is 5.92. The summed E-state index contributed by atoms with van der Waals surface area (Å²) in [7, 11) is 4.87. The van der Waals surface area contributed by atoms with Gasteiger partial charge in [0.1, 0.15) is 5.75 Å². The van der Waals surface area contributed by atoms with Crippen molar-refractivity contribution in [1.82, 2.24) is 4.90 Å². The molecule has 0 bridgehead atoms. The number of ether oxygens (including phenoxy) is 3. The fraction of sp³-hybridized carbons (Fsp3) is 0.318. The second-order valence-electron chi connectivity index (χ2n) is 6.43. The van der Waals surface area contributed by atoms with Crippen molar-refractivity contribution in [3.05, 3.63) is 54.1 Å². The first kappa shape index (κ1) is 22.4. The van der Waals surface area contributed by atoms with Gasteiger partial charge in [-0.1, -0.05) is 18.2 Å². The number of methoxy groups -OCH3 is 3. The largest absolute Gasteiger partial charge is 0.495 e. The second-order valence-corrected chi connectivity index (χ2v) is 6.43. The number of hydrogen-bond acceptors (Lipinski definition) is 5. The Morgan fingerprint density at radius 1 is 0.862 bits per heavy atom. The van der Waals surface area contributed by atoms with Crippen LogP contribution in [0.2, 0.25) is 0 Å². The van der Waals surface area contributed by atoms with Crippen LogP contribution in [0.5, 0.6) is 17.2 Å². The Labute approximate surface area is 178 Å². The van der Waals surface area contributed by atoms with Crippen molar-refractivity contribution in [3.8, 4) is 17.2 Å². The maximum atomic E-state index is 12.6. The quantitative estimate of drug-likeness (QED) is 0.672. The minimum absolute atomic E-state index is 0. The summed E-state index contributed by atoms with van der Waals surface area (Å²) in [5.74, 6) is 2.17. The van der Waals surface area contributed by atoms with E-state index in [0.29, 0.717) is 24.6 Å². The molecule has 7 heteroatoms. The van der Waals surface area contributed by atoms with E-state index in [9.17, 15) is 4.79 Å². The van der Waals surface area contributed by atoms with E-state index < -0.39 is 0 Å². The van der Waals surface area contributed by atoms with Crippen LogP contribution >= 0.6 is 12.4 Å². The third-order valence-corrected chi connectivity index (χ3v) is 4.84. The summed E-state index contributed by atoms with van der Waals surface area (Å²) in [6.07, 6.45) is 3.41. The Morgan fingerprint density at radius 3 is 2.17 bits per heavy atom. The standard InChI is InChI=1S/C22H26N2O4.ClH/c1-26-19-7-5-4-6-18(19)23-12-14-24(15-13-23)22(25)11-9-17-8-10-20(27-2)21(16-17)28-3;/h4-11,16H,12-15H2,1-3H3;1H/b11-9+;. The summed E-state index contributed by atoms with van der Waals surface area (Å²) >= 11 is 0. The third-order valence-electron chi connectivity index (χ3n) is 4.84. The number of amides is 1. The van der Waals surface area contributed by atoms with Crippen molar-refractivity contribution in [1.29, 1.82) is 0 Å². The van der Waals surface area contributed by atoms with Gasteiger partial charge in [-0.15, -0.1) is 12.4 Å². The van der Waals surface area contributed by atoms with Gasteiger partial charge < -0.3 is 24.0 Å². The van der Waals surface area contributed by atoms with Crippen LogP contribution < -0.4 is 19.1 Å². The monoisotopic (exact) mass is 418 g/mol. The highest BCUT2D eigenvalue weighted by Crippen LogP contribution is 2.29. The number of halogens is 1. The SMILES string of the molecule is COc1ccc(/C=C/C(=O)N2CCN(c3ccccc3OC)CC2)cc1OC.Cl. The molecule has 1 heterocycles. The summed E-state index contributed by atoms with van der Waals surface area (Å²) < 4.78 is 16.0. The van der Waals surface area contributed by atoms with Crippen molar-refractivity contribution in [2.45, 2.75) is 0 Å². The van der Waals surface area contributed by atoms with Crippen LogP contribution in [-0.2, 0) is 4.79 Å². The van der Waals surface area contributed by atoms with Gasteiger partial charge in [0.25, 0.3) is 0 Å². The fourth-order valence-electron chi connectivity index (χ4n) is 3.29. The first-order valence-corrected chi connectivity index (χ1v) is 9.23. The Hall–Kier alpha value is -2.86. The highest BCUT2D eigenvalue weighted by atomic mass is 35.5. The van der Waals surface area contributed by atoms with Crippen LogP contribution in [0.25, 0.3) is 6.08 Å². The molecular weight excluding hydrogens is 392 g/mol. The molecule has 3 rings (SSSR count). The summed E-state index contributed by atoms with van der Waals surface area (Å²) in [4.78, 5) is 16.7. The molecule has 0 spiro atoms. The van der Waals surface area contributed by atoms with Gasteiger partial charge in [-0.3, -0.25) is 4.79 Å². The molecule has 0 aliphatic carbocycles. The van der Waals surface area contributed by atoms with Gasteiger partial charge in [-0.25, -0.2) is 0 Å². The van der Waals surface area contributed by atoms with Crippen molar-refractivity contribution in [2.75, 3.05) is 52.4 Å². The Morgan fingerprint density at radius 2 is 1.52 bits per heavy atom. The lowest BCUT2D eigenvalue weighted by Crippen LogP contribution is -2.48. The summed E-state index contributed by atoms with van der Waals surface area (Å²) in [6, 6.07) is 13.5. The Bertz CT molecular complexity index is 848. The molecule has 2 aromatic rings. The molecule has 1 aliphatic rings. The van der Waals surface area contributed by atoms with Crippen molar-refractivity contribution in [3.63, 3.8) is 0 Å². The van der Waals surface area contributed by atoms with Crippen LogP contribution in [0.3, 0.4) is 0 Å². The lowest BCUT2D eigenvalue weighted by Gasteiger charge is -2.36. The predicted octanol–water partition coefficient (Wildman–Crippen LogP) is 3.50. The van der Waals surface area contributed by atoms with Gasteiger partial charge in [0.2, 0.25) is 5.91 Å². The minimum atomic E-state index is 0. The molecule has 0 atom stereocenters. The Kier molecular flexibility index (Phi) is 8.21. The van der Waals surface area contributed by atoms with E-state index in [1.165, 1.54) is 0 Å². The molecule has 156 valence electrons. The number of piperazine rings is 1. The van der Waals surface area contributed by atoms with Crippen LogP contribution in [0.1, 0.15) is 5.56 Å². The topological polar surface area (TPSA) is 51.2 Å². The molecule has 29 heavy (non-hydrogen) atoms. The molecule has 0 aromatic heterocycles. The zero-order chi connectivity index (χ0) is 19.9. The third kappa shape index (κ3) is 5.35. The number of rotatable bonds is 6. The lowest BCUT2D eigenvalue weighted by atomic mass is 10.1. The van der Waals surface area contributed by atoms with E-state index in [1.807, 2.05) is 47.4 Å². The van der Waals surface area contributed by atoms with Crippen LogP contribution in [0, 0.1) is 0 Å². The van der Waals surface area contributed by atoms with E-state index in [-0.39, 0.29) is 18.3 Å². The molecule has 1 amide bonds. The molecule has 0 N–H and O–H groups in total. The average Bonchev–Trinajstić information content (AvgIpc) is 2.77. The summed E-state index contributed by atoms with van der Waals surface area (Å²) in [5.41, 5.74) is 1.96. The van der Waals surface area contributed by atoms with E-state index in [4.69, 9.17) is 14.2 Å². The van der Waals surface area contributed by atoms with Gasteiger partial charge in [0, 0.05) is 32.3 Å². The Balaban J connectivity index is 0.00000300. The first-order valence-electron chi connectivity index (χ1n) is 9.23. The normalized spacial score (nSPS) is 13.8. The molecule has 2 aromatic carbocycles. The summed E-state index contributed by atoms with van der Waals surface area (Å²) in [6.45, 7) is 2.90. The number of benzene rings is 2. The van der Waals surface area contributed by atoms with Crippen molar-refractivity contribution in [2.24, 2.45) is 0 Å². The van der Waals surface area contributed by atoms with E-state index in [0.717, 1.165) is 30.1 Å². The van der Waals surface area contributed by atoms with Gasteiger partial charge in [-0.2, -0.15) is 0 Å².